The number of unbranched alkanes of at least 4 members (excludes halogenated alkanes) is 28. The Morgan fingerprint density at radius 3 is 1.31 bits per heavy atom. The maximum Gasteiger partial charge on any atom is 0.306 e. The van der Waals surface area contributed by atoms with Crippen molar-refractivity contribution in [2.45, 2.75) is 289 Å². The van der Waals surface area contributed by atoms with Gasteiger partial charge in [-0.1, -0.05) is 217 Å². The number of carbonyl (C=O) groups is 2. The summed E-state index contributed by atoms with van der Waals surface area (Å²) in [4.78, 5) is 26.2. The summed E-state index contributed by atoms with van der Waals surface area (Å²) in [5.41, 5.74) is 0. The van der Waals surface area contributed by atoms with Crippen molar-refractivity contribution >= 4 is 11.9 Å². The Hall–Kier alpha value is -2.18. The molecule has 0 aromatic carbocycles. The minimum atomic E-state index is -0.793. The van der Waals surface area contributed by atoms with Gasteiger partial charge in [-0.15, -0.1) is 0 Å². The normalized spacial score (nSPS) is 13.6. The lowest BCUT2D eigenvalue weighted by Crippen LogP contribution is -2.46. The van der Waals surface area contributed by atoms with Crippen LogP contribution in [0.15, 0.2) is 48.6 Å². The van der Waals surface area contributed by atoms with Gasteiger partial charge in [-0.2, -0.15) is 0 Å². The van der Waals surface area contributed by atoms with E-state index in [4.69, 9.17) is 4.74 Å². The molecule has 362 valence electrons. The molecule has 3 atom stereocenters. The van der Waals surface area contributed by atoms with Gasteiger partial charge in [-0.05, 0) is 89.9 Å². The molecule has 3 N–H and O–H groups in total. The molecule has 0 aromatic rings. The predicted octanol–water partition coefficient (Wildman–Crippen LogP) is 16.2. The van der Waals surface area contributed by atoms with Crippen molar-refractivity contribution in [3.63, 3.8) is 0 Å². The lowest BCUT2D eigenvalue weighted by atomic mass is 10.0. The van der Waals surface area contributed by atoms with Gasteiger partial charge < -0.3 is 20.3 Å². The monoisotopic (exact) mass is 870 g/mol. The van der Waals surface area contributed by atoms with E-state index in [-0.39, 0.29) is 24.9 Å². The van der Waals surface area contributed by atoms with Gasteiger partial charge in [0.05, 0.1) is 25.2 Å². The summed E-state index contributed by atoms with van der Waals surface area (Å²) < 4.78 is 5.93. The molecule has 0 aliphatic heterocycles. The molecule has 0 aliphatic rings. The van der Waals surface area contributed by atoms with Crippen molar-refractivity contribution in [3.8, 4) is 0 Å². The molecule has 0 radical (unpaired) electrons. The second-order valence-electron chi connectivity index (χ2n) is 18.3. The van der Waals surface area contributed by atoms with Gasteiger partial charge in [0.2, 0.25) is 5.91 Å². The number of nitrogens with one attached hydrogen (secondary N) is 1. The zero-order valence-corrected chi connectivity index (χ0v) is 41.3. The molecule has 0 heterocycles. The van der Waals surface area contributed by atoms with Crippen LogP contribution in [0.1, 0.15) is 271 Å². The number of carbonyl (C=O) groups excluding carboxylic acids is 2. The SMILES string of the molecule is CCCCC/C=C\C/C=C\C/C=C\CCCCCCC(=O)OC(CCCCCCC/C=C\CCCCCC)CC(=O)NC(CO)C(O)CCCCCCCCCCCCCCC. The van der Waals surface area contributed by atoms with E-state index in [2.05, 4.69) is 74.7 Å². The molecule has 0 spiro atoms. The number of esters is 1. The first-order chi connectivity index (χ1) is 30.5. The molecule has 0 rings (SSSR count). The van der Waals surface area contributed by atoms with Crippen molar-refractivity contribution in [2.24, 2.45) is 0 Å². The average molecular weight is 870 g/mol. The molecular weight excluding hydrogens is 767 g/mol. The lowest BCUT2D eigenvalue weighted by molar-refractivity contribution is -0.151. The van der Waals surface area contributed by atoms with Crippen molar-refractivity contribution in [2.75, 3.05) is 6.61 Å². The molecule has 0 aliphatic carbocycles. The molecule has 0 saturated carbocycles. The average Bonchev–Trinajstić information content (AvgIpc) is 3.26. The summed E-state index contributed by atoms with van der Waals surface area (Å²) in [6.45, 7) is 6.45. The summed E-state index contributed by atoms with van der Waals surface area (Å²) in [6, 6.07) is -0.708. The van der Waals surface area contributed by atoms with Gasteiger partial charge >= 0.3 is 5.97 Å². The van der Waals surface area contributed by atoms with Gasteiger partial charge in [-0.3, -0.25) is 9.59 Å². The molecule has 0 saturated heterocycles. The summed E-state index contributed by atoms with van der Waals surface area (Å²) in [5, 5.41) is 23.8. The van der Waals surface area contributed by atoms with E-state index in [9.17, 15) is 19.8 Å². The molecule has 6 heteroatoms. The predicted molar refractivity (Wildman–Crippen MR) is 269 cm³/mol. The van der Waals surface area contributed by atoms with Crippen LogP contribution in [0.25, 0.3) is 0 Å². The minimum Gasteiger partial charge on any atom is -0.462 e. The van der Waals surface area contributed by atoms with Crippen LogP contribution in [-0.4, -0.2) is 46.9 Å². The molecule has 6 nitrogen and oxygen atoms in total. The second-order valence-corrected chi connectivity index (χ2v) is 18.3. The first kappa shape index (κ1) is 59.8. The smallest absolute Gasteiger partial charge is 0.306 e. The highest BCUT2D eigenvalue weighted by Crippen LogP contribution is 2.18. The Morgan fingerprint density at radius 2 is 0.823 bits per heavy atom. The van der Waals surface area contributed by atoms with Crippen molar-refractivity contribution in [3.05, 3.63) is 48.6 Å². The van der Waals surface area contributed by atoms with Gasteiger partial charge in [0.25, 0.3) is 0 Å². The molecule has 1 amide bonds. The van der Waals surface area contributed by atoms with Crippen LogP contribution in [0.4, 0.5) is 0 Å². The van der Waals surface area contributed by atoms with E-state index < -0.39 is 18.2 Å². The molecule has 0 aromatic heterocycles. The van der Waals surface area contributed by atoms with E-state index in [1.807, 2.05) is 0 Å². The zero-order chi connectivity index (χ0) is 45.2. The van der Waals surface area contributed by atoms with E-state index in [0.29, 0.717) is 19.3 Å². The Labute approximate surface area is 385 Å². The minimum absolute atomic E-state index is 0.0635. The van der Waals surface area contributed by atoms with Crippen LogP contribution in [0.3, 0.4) is 0 Å². The third-order valence-electron chi connectivity index (χ3n) is 12.1. The van der Waals surface area contributed by atoms with E-state index in [1.54, 1.807) is 0 Å². The molecule has 0 fully saturated rings. The number of hydrogen-bond acceptors (Lipinski definition) is 5. The number of rotatable bonds is 48. The topological polar surface area (TPSA) is 95.9 Å². The lowest BCUT2D eigenvalue weighted by Gasteiger charge is -2.24. The standard InChI is InChI=1S/C56H103NO5/c1-4-7-10-13-16-19-22-25-26-27-28-31-34-37-40-43-46-49-56(61)62-52(47-44-41-38-35-32-29-23-20-17-14-11-8-5-2)50-55(60)57-53(51-58)54(59)48-45-42-39-36-33-30-24-21-18-15-12-9-6-3/h16,19-20,23,25-26,28,31,52-54,58-59H,4-15,17-18,21-22,24,27,29-30,32-51H2,1-3H3,(H,57,60)/b19-16-,23-20-,26-25-,31-28-. The number of aliphatic hydroxyl groups is 2. The first-order valence-electron chi connectivity index (χ1n) is 26.9. The van der Waals surface area contributed by atoms with Gasteiger partial charge in [-0.25, -0.2) is 0 Å². The fraction of sp³-hybridized carbons (Fsp3) is 0.821. The van der Waals surface area contributed by atoms with Gasteiger partial charge in [0.1, 0.15) is 6.10 Å². The third kappa shape index (κ3) is 44.4. The highest BCUT2D eigenvalue weighted by molar-refractivity contribution is 5.77. The molecule has 3 unspecified atom stereocenters. The summed E-state index contributed by atoms with van der Waals surface area (Å²) in [7, 11) is 0. The second kappa shape index (κ2) is 49.8. The van der Waals surface area contributed by atoms with Crippen molar-refractivity contribution < 1.29 is 24.5 Å². The maximum absolute atomic E-state index is 13.2. The van der Waals surface area contributed by atoms with E-state index in [1.165, 1.54) is 135 Å². The van der Waals surface area contributed by atoms with Crippen LogP contribution in [0.2, 0.25) is 0 Å². The number of ether oxygens (including phenoxy) is 1. The van der Waals surface area contributed by atoms with Crippen molar-refractivity contribution in [1.29, 1.82) is 0 Å². The number of amides is 1. The van der Waals surface area contributed by atoms with Crippen LogP contribution in [0.5, 0.6) is 0 Å². The van der Waals surface area contributed by atoms with Crippen LogP contribution >= 0.6 is 0 Å². The quantitative estimate of drug-likeness (QED) is 0.0322. The Balaban J connectivity index is 4.60. The highest BCUT2D eigenvalue weighted by atomic mass is 16.5. The van der Waals surface area contributed by atoms with Gasteiger partial charge in [0.15, 0.2) is 0 Å². The number of allylic oxidation sites excluding steroid dienone is 8. The Bertz CT molecular complexity index is 1070. The highest BCUT2D eigenvalue weighted by Gasteiger charge is 2.24. The molecule has 0 bridgehead atoms. The summed E-state index contributed by atoms with van der Waals surface area (Å²) >= 11 is 0. The summed E-state index contributed by atoms with van der Waals surface area (Å²) in [6.07, 6.45) is 60.2. The Kier molecular flexibility index (Phi) is 48.1. The maximum atomic E-state index is 13.2. The summed E-state index contributed by atoms with van der Waals surface area (Å²) in [5.74, 6) is -0.501. The van der Waals surface area contributed by atoms with E-state index in [0.717, 1.165) is 89.9 Å². The fourth-order valence-corrected chi connectivity index (χ4v) is 8.02. The van der Waals surface area contributed by atoms with Crippen LogP contribution in [-0.2, 0) is 14.3 Å². The van der Waals surface area contributed by atoms with Crippen molar-refractivity contribution in [1.82, 2.24) is 5.32 Å². The zero-order valence-electron chi connectivity index (χ0n) is 41.3. The van der Waals surface area contributed by atoms with Crippen LogP contribution in [0, 0.1) is 0 Å². The third-order valence-corrected chi connectivity index (χ3v) is 12.1. The van der Waals surface area contributed by atoms with Gasteiger partial charge in [0, 0.05) is 6.42 Å². The van der Waals surface area contributed by atoms with E-state index >= 15 is 0 Å². The first-order valence-corrected chi connectivity index (χ1v) is 26.9. The Morgan fingerprint density at radius 1 is 0.468 bits per heavy atom. The number of hydrogen-bond donors (Lipinski definition) is 3. The fourth-order valence-electron chi connectivity index (χ4n) is 8.02. The largest absolute Gasteiger partial charge is 0.462 e. The molecular formula is C56H103NO5. The van der Waals surface area contributed by atoms with Crippen LogP contribution < -0.4 is 5.32 Å². The molecule has 62 heavy (non-hydrogen) atoms. The number of aliphatic hydroxyl groups excluding tert-OH is 2.